The van der Waals surface area contributed by atoms with Crippen molar-refractivity contribution < 1.29 is 19.4 Å². The molecule has 1 aromatic rings. The van der Waals surface area contributed by atoms with Crippen LogP contribution in [-0.4, -0.2) is 41.6 Å². The molecule has 0 aromatic heterocycles. The van der Waals surface area contributed by atoms with Crippen LogP contribution in [-0.2, 0) is 9.59 Å². The number of carbonyl (C=O) groups excluding carboxylic acids is 1. The summed E-state index contributed by atoms with van der Waals surface area (Å²) >= 11 is 0. The van der Waals surface area contributed by atoms with Crippen LogP contribution in [0.25, 0.3) is 0 Å². The van der Waals surface area contributed by atoms with Gasteiger partial charge < -0.3 is 14.7 Å². The van der Waals surface area contributed by atoms with Crippen LogP contribution in [0.4, 0.5) is 0 Å². The molecule has 1 amide bonds. The van der Waals surface area contributed by atoms with Gasteiger partial charge in [0.25, 0.3) is 0 Å². The molecule has 1 atom stereocenters. The van der Waals surface area contributed by atoms with E-state index in [2.05, 4.69) is 0 Å². The van der Waals surface area contributed by atoms with E-state index in [1.807, 2.05) is 31.2 Å². The van der Waals surface area contributed by atoms with Crippen LogP contribution in [0.2, 0.25) is 0 Å². The monoisotopic (exact) mass is 319 g/mol. The van der Waals surface area contributed by atoms with Crippen LogP contribution < -0.4 is 4.74 Å². The Bertz CT molecular complexity index is 578. The number of carbonyl (C=O) groups is 2. The van der Waals surface area contributed by atoms with Gasteiger partial charge in [-0.05, 0) is 37.5 Å². The average Bonchev–Trinajstić information content (AvgIpc) is 2.60. The van der Waals surface area contributed by atoms with Crippen LogP contribution in [0.3, 0.4) is 0 Å². The van der Waals surface area contributed by atoms with E-state index in [9.17, 15) is 14.7 Å². The Kier molecular flexibility index (Phi) is 5.29. The molecule has 0 saturated heterocycles. The Morgan fingerprint density at radius 2 is 1.91 bits per heavy atom. The van der Waals surface area contributed by atoms with Gasteiger partial charge in [0.1, 0.15) is 11.3 Å². The van der Waals surface area contributed by atoms with Gasteiger partial charge in [-0.2, -0.15) is 0 Å². The first-order valence-corrected chi connectivity index (χ1v) is 8.07. The van der Waals surface area contributed by atoms with E-state index in [1.54, 1.807) is 14.2 Å². The predicted molar refractivity (Wildman–Crippen MR) is 87.6 cm³/mol. The Hall–Kier alpha value is -2.04. The van der Waals surface area contributed by atoms with Gasteiger partial charge in [-0.25, -0.2) is 4.79 Å². The number of methoxy groups -OCH3 is 1. The van der Waals surface area contributed by atoms with E-state index < -0.39 is 17.4 Å². The van der Waals surface area contributed by atoms with Gasteiger partial charge >= 0.3 is 5.97 Å². The third-order valence-electron chi connectivity index (χ3n) is 5.02. The molecule has 1 saturated carbocycles. The Morgan fingerprint density at radius 1 is 1.26 bits per heavy atom. The molecule has 0 bridgehead atoms. The second kappa shape index (κ2) is 7.02. The van der Waals surface area contributed by atoms with Crippen molar-refractivity contribution in [2.24, 2.45) is 0 Å². The number of rotatable bonds is 5. The van der Waals surface area contributed by atoms with Gasteiger partial charge in [0.05, 0.1) is 13.0 Å². The lowest BCUT2D eigenvalue weighted by molar-refractivity contribution is -0.160. The number of aliphatic carboxylic acids is 1. The summed E-state index contributed by atoms with van der Waals surface area (Å²) < 4.78 is 5.20. The normalized spacial score (nSPS) is 18.0. The zero-order valence-electron chi connectivity index (χ0n) is 14.0. The Balaban J connectivity index is 2.24. The fourth-order valence-electron chi connectivity index (χ4n) is 3.38. The summed E-state index contributed by atoms with van der Waals surface area (Å²) in [6.45, 7) is 1.81. The SMILES string of the molecule is COc1cccc(C(C)C(=O)N(C)C2(C(=O)O)CCCCC2)c1. The minimum absolute atomic E-state index is 0.164. The van der Waals surface area contributed by atoms with Gasteiger partial charge in [0.2, 0.25) is 5.91 Å². The zero-order valence-corrected chi connectivity index (χ0v) is 14.0. The van der Waals surface area contributed by atoms with Crippen LogP contribution >= 0.6 is 0 Å². The second-order valence-electron chi connectivity index (χ2n) is 6.29. The van der Waals surface area contributed by atoms with E-state index in [-0.39, 0.29) is 5.91 Å². The van der Waals surface area contributed by atoms with Crippen LogP contribution in [0.15, 0.2) is 24.3 Å². The molecule has 0 spiro atoms. The van der Waals surface area contributed by atoms with E-state index >= 15 is 0 Å². The number of hydrogen-bond acceptors (Lipinski definition) is 3. The molecule has 1 unspecified atom stereocenters. The number of amides is 1. The summed E-state index contributed by atoms with van der Waals surface area (Å²) in [5, 5.41) is 9.73. The number of likely N-dealkylation sites (N-methyl/N-ethyl adjacent to an activating group) is 1. The molecule has 0 aliphatic heterocycles. The van der Waals surface area contributed by atoms with Crippen LogP contribution in [0.1, 0.15) is 50.5 Å². The Morgan fingerprint density at radius 3 is 2.48 bits per heavy atom. The summed E-state index contributed by atoms with van der Waals surface area (Å²) in [5.41, 5.74) is -0.236. The molecular weight excluding hydrogens is 294 g/mol. The first-order valence-electron chi connectivity index (χ1n) is 8.07. The second-order valence-corrected chi connectivity index (χ2v) is 6.29. The molecule has 1 N–H and O–H groups in total. The first-order chi connectivity index (χ1) is 10.9. The van der Waals surface area contributed by atoms with E-state index in [4.69, 9.17) is 4.74 Å². The van der Waals surface area contributed by atoms with Crippen LogP contribution in [0, 0.1) is 0 Å². The van der Waals surface area contributed by atoms with Crippen molar-refractivity contribution >= 4 is 11.9 Å². The summed E-state index contributed by atoms with van der Waals surface area (Å²) in [7, 11) is 3.21. The highest BCUT2D eigenvalue weighted by molar-refractivity contribution is 5.90. The number of ether oxygens (including phenoxy) is 1. The van der Waals surface area contributed by atoms with Gasteiger partial charge in [-0.3, -0.25) is 4.79 Å². The molecule has 0 heterocycles. The maximum Gasteiger partial charge on any atom is 0.329 e. The minimum atomic E-state index is -1.07. The summed E-state index contributed by atoms with van der Waals surface area (Å²) in [4.78, 5) is 26.2. The Labute approximate surface area is 137 Å². The van der Waals surface area contributed by atoms with E-state index in [1.165, 1.54) is 4.90 Å². The highest BCUT2D eigenvalue weighted by atomic mass is 16.5. The minimum Gasteiger partial charge on any atom is -0.497 e. The molecule has 5 nitrogen and oxygen atoms in total. The molecule has 126 valence electrons. The molecular formula is C18H25NO4. The van der Waals surface area contributed by atoms with E-state index in [0.717, 1.165) is 24.8 Å². The topological polar surface area (TPSA) is 66.8 Å². The number of carboxylic acid groups (broad SMARTS) is 1. The maximum atomic E-state index is 12.9. The van der Waals surface area contributed by atoms with E-state index in [0.29, 0.717) is 18.6 Å². The predicted octanol–water partition coefficient (Wildman–Crippen LogP) is 3.04. The molecule has 1 aliphatic carbocycles. The standard InChI is InChI=1S/C18H25NO4/c1-13(14-8-7-9-15(12-14)23-3)16(20)19(2)18(17(21)22)10-5-4-6-11-18/h7-9,12-13H,4-6,10-11H2,1-3H3,(H,21,22). The van der Waals surface area contributed by atoms with Crippen molar-refractivity contribution in [2.45, 2.75) is 50.5 Å². The molecule has 23 heavy (non-hydrogen) atoms. The van der Waals surface area contributed by atoms with Crippen molar-refractivity contribution in [2.75, 3.05) is 14.2 Å². The molecule has 1 aliphatic rings. The van der Waals surface area contributed by atoms with Crippen molar-refractivity contribution in [3.63, 3.8) is 0 Å². The number of nitrogens with zero attached hydrogens (tertiary/aromatic N) is 1. The molecule has 1 fully saturated rings. The first kappa shape index (κ1) is 17.3. The molecule has 0 radical (unpaired) electrons. The van der Waals surface area contributed by atoms with Crippen LogP contribution in [0.5, 0.6) is 5.75 Å². The largest absolute Gasteiger partial charge is 0.497 e. The third-order valence-corrected chi connectivity index (χ3v) is 5.02. The fourth-order valence-corrected chi connectivity index (χ4v) is 3.38. The van der Waals surface area contributed by atoms with Gasteiger partial charge in [-0.15, -0.1) is 0 Å². The zero-order chi connectivity index (χ0) is 17.0. The van der Waals surface area contributed by atoms with Gasteiger partial charge in [0, 0.05) is 7.05 Å². The summed E-state index contributed by atoms with van der Waals surface area (Å²) in [6.07, 6.45) is 3.77. The van der Waals surface area contributed by atoms with Gasteiger partial charge in [0.15, 0.2) is 0 Å². The van der Waals surface area contributed by atoms with Crippen molar-refractivity contribution in [1.82, 2.24) is 4.90 Å². The quantitative estimate of drug-likeness (QED) is 0.906. The number of hydrogen-bond donors (Lipinski definition) is 1. The van der Waals surface area contributed by atoms with Crippen molar-refractivity contribution in [1.29, 1.82) is 0 Å². The molecule has 1 aromatic carbocycles. The number of benzene rings is 1. The highest BCUT2D eigenvalue weighted by Crippen LogP contribution is 2.35. The maximum absolute atomic E-state index is 12.9. The van der Waals surface area contributed by atoms with Crippen molar-refractivity contribution in [3.05, 3.63) is 29.8 Å². The fraction of sp³-hybridized carbons (Fsp3) is 0.556. The average molecular weight is 319 g/mol. The lowest BCUT2D eigenvalue weighted by Crippen LogP contribution is -2.57. The highest BCUT2D eigenvalue weighted by Gasteiger charge is 2.46. The summed E-state index contributed by atoms with van der Waals surface area (Å²) in [6, 6.07) is 7.35. The summed E-state index contributed by atoms with van der Waals surface area (Å²) in [5.74, 6) is -0.780. The third kappa shape index (κ3) is 3.33. The van der Waals surface area contributed by atoms with Crippen molar-refractivity contribution in [3.8, 4) is 5.75 Å². The van der Waals surface area contributed by atoms with Gasteiger partial charge in [-0.1, -0.05) is 31.4 Å². The number of carboxylic acids is 1. The lowest BCUT2D eigenvalue weighted by Gasteiger charge is -2.42. The molecule has 5 heteroatoms. The lowest BCUT2D eigenvalue weighted by atomic mass is 9.79. The molecule has 2 rings (SSSR count). The smallest absolute Gasteiger partial charge is 0.329 e.